The number of anilines is 1. The molecule has 3 heterocycles. The molecule has 23 heavy (non-hydrogen) atoms. The zero-order valence-corrected chi connectivity index (χ0v) is 12.6. The Labute approximate surface area is 132 Å². The lowest BCUT2D eigenvalue weighted by molar-refractivity contribution is -0.116. The topological polar surface area (TPSA) is 63.5 Å². The first-order valence-electron chi connectivity index (χ1n) is 7.52. The SMILES string of the molecule is Cc1cccn2c3c(c(=O)nc12)[C@@H](c1ccccc1)CC(=O)N3. The molecule has 0 spiro atoms. The first kappa shape index (κ1) is 13.7. The molecule has 0 aliphatic carbocycles. The molecule has 1 aliphatic heterocycles. The summed E-state index contributed by atoms with van der Waals surface area (Å²) in [5.74, 6) is 0.179. The highest BCUT2D eigenvalue weighted by Crippen LogP contribution is 2.34. The molecule has 4 rings (SSSR count). The molecule has 1 amide bonds. The van der Waals surface area contributed by atoms with Gasteiger partial charge in [-0.3, -0.25) is 14.0 Å². The molecule has 5 nitrogen and oxygen atoms in total. The van der Waals surface area contributed by atoms with Crippen molar-refractivity contribution < 1.29 is 4.79 Å². The van der Waals surface area contributed by atoms with Gasteiger partial charge in [-0.1, -0.05) is 36.4 Å². The largest absolute Gasteiger partial charge is 0.311 e. The van der Waals surface area contributed by atoms with Crippen LogP contribution in [0.3, 0.4) is 0 Å². The van der Waals surface area contributed by atoms with E-state index in [-0.39, 0.29) is 23.8 Å². The van der Waals surface area contributed by atoms with Crippen LogP contribution in [0.25, 0.3) is 5.65 Å². The molecule has 0 saturated carbocycles. The Morgan fingerprint density at radius 3 is 2.70 bits per heavy atom. The molecule has 0 fully saturated rings. The zero-order valence-electron chi connectivity index (χ0n) is 12.6. The minimum Gasteiger partial charge on any atom is -0.311 e. The molecular formula is C18H15N3O2. The van der Waals surface area contributed by atoms with Gasteiger partial charge in [0, 0.05) is 18.5 Å². The van der Waals surface area contributed by atoms with Crippen LogP contribution in [0.4, 0.5) is 5.82 Å². The monoisotopic (exact) mass is 305 g/mol. The van der Waals surface area contributed by atoms with Crippen LogP contribution >= 0.6 is 0 Å². The van der Waals surface area contributed by atoms with Crippen molar-refractivity contribution in [3.05, 3.63) is 75.7 Å². The summed E-state index contributed by atoms with van der Waals surface area (Å²) in [6, 6.07) is 13.4. The van der Waals surface area contributed by atoms with E-state index in [2.05, 4.69) is 10.3 Å². The van der Waals surface area contributed by atoms with Crippen LogP contribution in [0.1, 0.15) is 29.0 Å². The zero-order chi connectivity index (χ0) is 16.0. The van der Waals surface area contributed by atoms with Crippen molar-refractivity contribution in [2.45, 2.75) is 19.3 Å². The van der Waals surface area contributed by atoms with Gasteiger partial charge in [0.1, 0.15) is 11.5 Å². The van der Waals surface area contributed by atoms with Crippen LogP contribution in [0.15, 0.2) is 53.5 Å². The summed E-state index contributed by atoms with van der Waals surface area (Å²) in [4.78, 5) is 29.1. The summed E-state index contributed by atoms with van der Waals surface area (Å²) >= 11 is 0. The Kier molecular flexibility index (Phi) is 3.01. The number of hydrogen-bond acceptors (Lipinski definition) is 3. The molecule has 2 aromatic heterocycles. The van der Waals surface area contributed by atoms with E-state index in [9.17, 15) is 9.59 Å². The quantitative estimate of drug-likeness (QED) is 0.751. The fourth-order valence-electron chi connectivity index (χ4n) is 3.20. The number of hydrogen-bond donors (Lipinski definition) is 1. The van der Waals surface area contributed by atoms with E-state index >= 15 is 0 Å². The van der Waals surface area contributed by atoms with Crippen LogP contribution in [0, 0.1) is 6.92 Å². The number of nitrogens with one attached hydrogen (secondary N) is 1. The third-order valence-electron chi connectivity index (χ3n) is 4.29. The highest BCUT2D eigenvalue weighted by Gasteiger charge is 2.31. The Morgan fingerprint density at radius 1 is 1.13 bits per heavy atom. The van der Waals surface area contributed by atoms with Crippen LogP contribution in [0.5, 0.6) is 0 Å². The van der Waals surface area contributed by atoms with E-state index in [1.807, 2.05) is 55.6 Å². The van der Waals surface area contributed by atoms with Gasteiger partial charge in [-0.25, -0.2) is 0 Å². The fraction of sp³-hybridized carbons (Fsp3) is 0.167. The number of amides is 1. The molecule has 1 aromatic carbocycles. The third-order valence-corrected chi connectivity index (χ3v) is 4.29. The lowest BCUT2D eigenvalue weighted by atomic mass is 9.87. The average molecular weight is 305 g/mol. The van der Waals surface area contributed by atoms with Gasteiger partial charge in [-0.2, -0.15) is 4.98 Å². The molecule has 3 aromatic rings. The molecule has 1 atom stereocenters. The Hall–Kier alpha value is -2.95. The summed E-state index contributed by atoms with van der Waals surface area (Å²) in [7, 11) is 0. The van der Waals surface area contributed by atoms with E-state index in [4.69, 9.17) is 0 Å². The number of carbonyl (C=O) groups is 1. The Bertz CT molecular complexity index is 977. The first-order chi connectivity index (χ1) is 11.1. The van der Waals surface area contributed by atoms with Crippen LogP contribution in [-0.2, 0) is 4.79 Å². The first-order valence-corrected chi connectivity index (χ1v) is 7.52. The number of nitrogens with zero attached hydrogens (tertiary/aromatic N) is 2. The van der Waals surface area contributed by atoms with Crippen molar-refractivity contribution in [1.29, 1.82) is 0 Å². The molecule has 0 saturated heterocycles. The molecule has 1 N–H and O–H groups in total. The minimum absolute atomic E-state index is 0.0905. The Morgan fingerprint density at radius 2 is 1.91 bits per heavy atom. The van der Waals surface area contributed by atoms with Gasteiger partial charge in [0.2, 0.25) is 5.91 Å². The molecule has 114 valence electrons. The molecule has 0 radical (unpaired) electrons. The van der Waals surface area contributed by atoms with Crippen LogP contribution in [-0.4, -0.2) is 15.3 Å². The number of fused-ring (bicyclic) bond motifs is 3. The third kappa shape index (κ3) is 2.12. The van der Waals surface area contributed by atoms with E-state index < -0.39 is 0 Å². The predicted octanol–water partition coefficient (Wildman–Crippen LogP) is 2.48. The number of benzene rings is 1. The molecule has 0 bridgehead atoms. The summed E-state index contributed by atoms with van der Waals surface area (Å²) in [6.45, 7) is 1.90. The number of aromatic nitrogens is 2. The summed E-state index contributed by atoms with van der Waals surface area (Å²) in [5, 5.41) is 2.85. The van der Waals surface area contributed by atoms with Crippen molar-refractivity contribution >= 4 is 17.4 Å². The molecular weight excluding hydrogens is 290 g/mol. The lowest BCUT2D eigenvalue weighted by Gasteiger charge is -2.26. The van der Waals surface area contributed by atoms with Crippen molar-refractivity contribution in [1.82, 2.24) is 9.38 Å². The minimum atomic E-state index is -0.275. The van der Waals surface area contributed by atoms with Gasteiger partial charge in [0.25, 0.3) is 5.56 Å². The van der Waals surface area contributed by atoms with Gasteiger partial charge < -0.3 is 5.32 Å². The smallest absolute Gasteiger partial charge is 0.279 e. The molecule has 1 aliphatic rings. The van der Waals surface area contributed by atoms with Crippen LogP contribution < -0.4 is 10.9 Å². The number of pyridine rings is 1. The van der Waals surface area contributed by atoms with E-state index in [0.29, 0.717) is 17.0 Å². The maximum atomic E-state index is 12.6. The van der Waals surface area contributed by atoms with E-state index in [1.165, 1.54) is 0 Å². The summed E-state index contributed by atoms with van der Waals surface area (Å²) < 4.78 is 1.79. The standard InChI is InChI=1S/C18H15N3O2/c1-11-6-5-9-21-16(11)20-18(23)15-13(10-14(22)19-17(15)21)12-7-3-2-4-8-12/h2-9,13H,10H2,1H3,(H,19,22)/t13-/m1/s1. The Balaban J connectivity index is 2.05. The second-order valence-corrected chi connectivity index (χ2v) is 5.78. The maximum absolute atomic E-state index is 12.6. The second kappa shape index (κ2) is 5.05. The number of carbonyl (C=O) groups excluding carboxylic acids is 1. The van der Waals surface area contributed by atoms with Crippen molar-refractivity contribution in [3.8, 4) is 0 Å². The lowest BCUT2D eigenvalue weighted by Crippen LogP contribution is -2.32. The van der Waals surface area contributed by atoms with Crippen molar-refractivity contribution in [2.75, 3.05) is 5.32 Å². The van der Waals surface area contributed by atoms with Crippen molar-refractivity contribution in [3.63, 3.8) is 0 Å². The van der Waals surface area contributed by atoms with Crippen LogP contribution in [0.2, 0.25) is 0 Å². The highest BCUT2D eigenvalue weighted by molar-refractivity contribution is 5.94. The highest BCUT2D eigenvalue weighted by atomic mass is 16.2. The molecule has 5 heteroatoms. The fourth-order valence-corrected chi connectivity index (χ4v) is 3.20. The normalized spacial score (nSPS) is 16.9. The van der Waals surface area contributed by atoms with Gasteiger partial charge in [0.05, 0.1) is 5.56 Å². The number of rotatable bonds is 1. The maximum Gasteiger partial charge on any atom is 0.279 e. The van der Waals surface area contributed by atoms with E-state index in [1.54, 1.807) is 4.40 Å². The van der Waals surface area contributed by atoms with Gasteiger partial charge in [-0.05, 0) is 24.1 Å². The van der Waals surface area contributed by atoms with E-state index in [0.717, 1.165) is 11.1 Å². The average Bonchev–Trinajstić information content (AvgIpc) is 2.56. The summed E-state index contributed by atoms with van der Waals surface area (Å²) in [5.41, 5.74) is 2.70. The van der Waals surface area contributed by atoms with Gasteiger partial charge in [-0.15, -0.1) is 0 Å². The predicted molar refractivity (Wildman–Crippen MR) is 87.7 cm³/mol. The summed E-state index contributed by atoms with van der Waals surface area (Å²) in [6.07, 6.45) is 2.08. The van der Waals surface area contributed by atoms with Crippen molar-refractivity contribution in [2.24, 2.45) is 0 Å². The molecule has 0 unspecified atom stereocenters. The second-order valence-electron chi connectivity index (χ2n) is 5.78. The van der Waals surface area contributed by atoms with Gasteiger partial charge in [0.15, 0.2) is 0 Å². The van der Waals surface area contributed by atoms with Gasteiger partial charge >= 0.3 is 0 Å². The number of aryl methyl sites for hydroxylation is 1.